The number of carboxylic acid groups (broad SMARTS) is 1. The maximum atomic E-state index is 11.0. The molecule has 4 rings (SSSR count). The second-order valence-corrected chi connectivity index (χ2v) is 5.51. The van der Waals surface area contributed by atoms with Crippen molar-refractivity contribution in [1.29, 1.82) is 0 Å². The number of aliphatic carboxylic acids is 1. The molecule has 0 aromatic carbocycles. The number of hydrogen-bond acceptors (Lipinski definition) is 3. The average molecular weight is 259 g/mol. The Kier molecular flexibility index (Phi) is 1.85. The van der Waals surface area contributed by atoms with Crippen molar-refractivity contribution in [2.75, 3.05) is 0 Å². The maximum Gasteiger partial charge on any atom is 0.309 e. The lowest BCUT2D eigenvalue weighted by Gasteiger charge is -2.68. The van der Waals surface area contributed by atoms with Gasteiger partial charge >= 0.3 is 5.97 Å². The van der Waals surface area contributed by atoms with E-state index >= 15 is 0 Å². The van der Waals surface area contributed by atoms with Crippen LogP contribution >= 0.6 is 23.2 Å². The molecule has 3 aliphatic carbocycles. The first-order valence-corrected chi connectivity index (χ1v) is 5.66. The van der Waals surface area contributed by atoms with Crippen LogP contribution < -0.4 is 0 Å². The molecule has 0 spiro atoms. The van der Waals surface area contributed by atoms with Gasteiger partial charge in [-0.2, -0.15) is 0 Å². The lowest BCUT2D eigenvalue weighted by Crippen LogP contribution is -2.68. The Bertz CT molecular complexity index is 484. The molecule has 1 heterocycles. The molecule has 1 aromatic heterocycles. The fraction of sp³-hybridized carbons (Fsp3) is 0.500. The number of rotatable bonds is 2. The summed E-state index contributed by atoms with van der Waals surface area (Å²) < 4.78 is 0. The Morgan fingerprint density at radius 3 is 2.50 bits per heavy atom. The number of carbonyl (C=O) groups is 1. The highest BCUT2D eigenvalue weighted by Crippen LogP contribution is 2.74. The van der Waals surface area contributed by atoms with E-state index < -0.39 is 11.4 Å². The molecule has 0 aliphatic heterocycles. The SMILES string of the molecule is O=C(O)C12CC(c3cc(Cl)nnc3Cl)(C1)C2. The van der Waals surface area contributed by atoms with Crippen molar-refractivity contribution in [3.05, 3.63) is 21.9 Å². The van der Waals surface area contributed by atoms with Crippen molar-refractivity contribution in [2.24, 2.45) is 5.41 Å². The molecule has 1 aromatic rings. The van der Waals surface area contributed by atoms with E-state index in [4.69, 9.17) is 28.3 Å². The van der Waals surface area contributed by atoms with Crippen molar-refractivity contribution < 1.29 is 9.90 Å². The van der Waals surface area contributed by atoms with E-state index in [1.54, 1.807) is 6.07 Å². The molecule has 1 N–H and O–H groups in total. The van der Waals surface area contributed by atoms with Gasteiger partial charge in [-0.25, -0.2) is 0 Å². The van der Waals surface area contributed by atoms with Gasteiger partial charge in [-0.1, -0.05) is 23.2 Å². The molecule has 3 fully saturated rings. The summed E-state index contributed by atoms with van der Waals surface area (Å²) in [7, 11) is 0. The minimum atomic E-state index is -0.710. The Labute approximate surface area is 102 Å². The summed E-state index contributed by atoms with van der Waals surface area (Å²) >= 11 is 11.7. The van der Waals surface area contributed by atoms with Gasteiger partial charge in [-0.05, 0) is 25.3 Å². The van der Waals surface area contributed by atoms with E-state index in [2.05, 4.69) is 10.2 Å². The number of hydrogen-bond donors (Lipinski definition) is 1. The van der Waals surface area contributed by atoms with Crippen LogP contribution in [-0.4, -0.2) is 21.3 Å². The predicted molar refractivity (Wildman–Crippen MR) is 57.6 cm³/mol. The minimum absolute atomic E-state index is 0.116. The van der Waals surface area contributed by atoms with Gasteiger partial charge in [0.1, 0.15) is 0 Å². The van der Waals surface area contributed by atoms with Gasteiger partial charge in [0.2, 0.25) is 0 Å². The molecule has 6 heteroatoms. The van der Waals surface area contributed by atoms with Crippen LogP contribution in [0.3, 0.4) is 0 Å². The zero-order valence-corrected chi connectivity index (χ0v) is 9.72. The Balaban J connectivity index is 1.93. The molecule has 16 heavy (non-hydrogen) atoms. The molecule has 3 saturated carbocycles. The van der Waals surface area contributed by atoms with Crippen molar-refractivity contribution in [3.63, 3.8) is 0 Å². The molecule has 84 valence electrons. The van der Waals surface area contributed by atoms with E-state index in [-0.39, 0.29) is 5.41 Å². The zero-order chi connectivity index (χ0) is 11.6. The minimum Gasteiger partial charge on any atom is -0.481 e. The normalized spacial score (nSPS) is 35.1. The Morgan fingerprint density at radius 1 is 1.31 bits per heavy atom. The fourth-order valence-corrected chi connectivity index (χ4v) is 3.47. The van der Waals surface area contributed by atoms with E-state index in [0.29, 0.717) is 29.6 Å². The van der Waals surface area contributed by atoms with Gasteiger partial charge in [0, 0.05) is 11.0 Å². The van der Waals surface area contributed by atoms with Crippen LogP contribution in [0.1, 0.15) is 24.8 Å². The highest BCUT2D eigenvalue weighted by molar-refractivity contribution is 6.31. The Hall–Kier alpha value is -0.870. The molecule has 0 saturated heterocycles. The van der Waals surface area contributed by atoms with Crippen LogP contribution in [-0.2, 0) is 10.2 Å². The largest absolute Gasteiger partial charge is 0.481 e. The molecular weight excluding hydrogens is 251 g/mol. The summed E-state index contributed by atoms with van der Waals surface area (Å²) in [4.78, 5) is 11.0. The third kappa shape index (κ3) is 1.09. The second-order valence-electron chi connectivity index (χ2n) is 4.77. The van der Waals surface area contributed by atoms with E-state index in [1.807, 2.05) is 0 Å². The lowest BCUT2D eigenvalue weighted by molar-refractivity contribution is -0.194. The number of nitrogens with zero attached hydrogens (tertiary/aromatic N) is 2. The average Bonchev–Trinajstić information content (AvgIpc) is 2.05. The first kappa shape index (κ1) is 10.3. The first-order chi connectivity index (χ1) is 7.47. The summed E-state index contributed by atoms with van der Waals surface area (Å²) in [5.74, 6) is -0.710. The first-order valence-electron chi connectivity index (χ1n) is 4.90. The van der Waals surface area contributed by atoms with Crippen LogP contribution in [0.15, 0.2) is 6.07 Å². The third-order valence-corrected chi connectivity index (χ3v) is 4.24. The molecule has 0 atom stereocenters. The van der Waals surface area contributed by atoms with Crippen LogP contribution in [0.5, 0.6) is 0 Å². The highest BCUT2D eigenvalue weighted by Gasteiger charge is 2.73. The van der Waals surface area contributed by atoms with Crippen molar-refractivity contribution in [3.8, 4) is 0 Å². The van der Waals surface area contributed by atoms with E-state index in [9.17, 15) is 4.79 Å². The van der Waals surface area contributed by atoms with Crippen LogP contribution in [0.4, 0.5) is 0 Å². The molecule has 4 nitrogen and oxygen atoms in total. The monoisotopic (exact) mass is 258 g/mol. The molecular formula is C10H8Cl2N2O2. The summed E-state index contributed by atoms with van der Waals surface area (Å²) in [6.45, 7) is 0. The predicted octanol–water partition coefficient (Wildman–Crippen LogP) is 2.29. The van der Waals surface area contributed by atoms with Crippen LogP contribution in [0.2, 0.25) is 10.3 Å². The number of aromatic nitrogens is 2. The van der Waals surface area contributed by atoms with Gasteiger partial charge < -0.3 is 5.11 Å². The van der Waals surface area contributed by atoms with Crippen LogP contribution in [0.25, 0.3) is 0 Å². The standard InChI is InChI=1S/C10H8Cl2N2O2/c11-6-1-5(7(12)14-13-6)9-2-10(3-9,4-9)8(15)16/h1H,2-4H2,(H,15,16). The molecule has 0 unspecified atom stereocenters. The Morgan fingerprint density at radius 2 is 1.94 bits per heavy atom. The third-order valence-electron chi connectivity index (χ3n) is 3.77. The smallest absolute Gasteiger partial charge is 0.309 e. The van der Waals surface area contributed by atoms with Crippen molar-refractivity contribution in [2.45, 2.75) is 24.7 Å². The highest BCUT2D eigenvalue weighted by atomic mass is 35.5. The molecule has 3 aliphatic rings. The summed E-state index contributed by atoms with van der Waals surface area (Å²) in [6, 6.07) is 1.70. The zero-order valence-electron chi connectivity index (χ0n) is 8.20. The summed E-state index contributed by atoms with van der Waals surface area (Å²) in [5, 5.41) is 17.1. The topological polar surface area (TPSA) is 63.1 Å². The van der Waals surface area contributed by atoms with Gasteiger partial charge in [0.25, 0.3) is 0 Å². The summed E-state index contributed by atoms with van der Waals surface area (Å²) in [5.41, 5.74) is 0.214. The van der Waals surface area contributed by atoms with Gasteiger partial charge in [-0.3, -0.25) is 4.79 Å². The second kappa shape index (κ2) is 2.87. The van der Waals surface area contributed by atoms with E-state index in [1.165, 1.54) is 0 Å². The fourth-order valence-electron chi connectivity index (χ4n) is 3.03. The molecule has 0 radical (unpaired) electrons. The summed E-state index contributed by atoms with van der Waals surface area (Å²) in [6.07, 6.45) is 1.91. The molecule has 2 bridgehead atoms. The maximum absolute atomic E-state index is 11.0. The van der Waals surface area contributed by atoms with Crippen LogP contribution in [0, 0.1) is 5.41 Å². The number of halogens is 2. The quantitative estimate of drug-likeness (QED) is 0.884. The lowest BCUT2D eigenvalue weighted by atomic mass is 9.33. The van der Waals surface area contributed by atoms with Gasteiger partial charge in [0.05, 0.1) is 5.41 Å². The van der Waals surface area contributed by atoms with Gasteiger partial charge in [-0.15, -0.1) is 10.2 Å². The van der Waals surface area contributed by atoms with E-state index in [0.717, 1.165) is 5.56 Å². The molecule has 0 amide bonds. The van der Waals surface area contributed by atoms with Crippen molar-refractivity contribution in [1.82, 2.24) is 10.2 Å². The van der Waals surface area contributed by atoms with Crippen molar-refractivity contribution >= 4 is 29.2 Å². The number of carboxylic acids is 1. The van der Waals surface area contributed by atoms with Gasteiger partial charge in [0.15, 0.2) is 10.3 Å².